The highest BCUT2D eigenvalue weighted by Crippen LogP contribution is 2.30. The third kappa shape index (κ3) is 6.37. The number of rotatable bonds is 7. The van der Waals surface area contributed by atoms with E-state index < -0.39 is 5.97 Å². The number of amides is 1. The fraction of sp³-hybridized carbons (Fsp3) is 0.103. The number of carbonyl (C=O) groups is 2. The van der Waals surface area contributed by atoms with Crippen molar-refractivity contribution in [1.82, 2.24) is 0 Å². The lowest BCUT2D eigenvalue weighted by molar-refractivity contribution is -0.136. The molecule has 6 heteroatoms. The van der Waals surface area contributed by atoms with Gasteiger partial charge in [-0.2, -0.15) is 0 Å². The standard InChI is InChI=1S/C29H24BrNO4/c1-19-8-14-26(20(2)16-19)31-29(33)22-9-12-24(13-10-22)35-28(32)18-34-27-15-11-23(17-25(27)30)21-6-4-3-5-7-21/h3-17H,18H2,1-2H3,(H,31,33). The van der Waals surface area contributed by atoms with Crippen molar-refractivity contribution in [2.75, 3.05) is 11.9 Å². The smallest absolute Gasteiger partial charge is 0.349 e. The number of esters is 1. The predicted molar refractivity (Wildman–Crippen MR) is 141 cm³/mol. The number of carbonyl (C=O) groups excluding carboxylic acids is 2. The van der Waals surface area contributed by atoms with Gasteiger partial charge in [-0.25, -0.2) is 4.79 Å². The van der Waals surface area contributed by atoms with Gasteiger partial charge in [0.2, 0.25) is 0 Å². The first-order valence-corrected chi connectivity index (χ1v) is 11.9. The Morgan fingerprint density at radius 1 is 0.829 bits per heavy atom. The molecular weight excluding hydrogens is 506 g/mol. The minimum atomic E-state index is -0.545. The number of benzene rings is 4. The van der Waals surface area contributed by atoms with Crippen LogP contribution in [0.4, 0.5) is 5.69 Å². The Bertz CT molecular complexity index is 1350. The van der Waals surface area contributed by atoms with E-state index in [1.807, 2.05) is 80.6 Å². The number of halogens is 1. The average molecular weight is 530 g/mol. The molecule has 1 N–H and O–H groups in total. The molecule has 0 radical (unpaired) electrons. The van der Waals surface area contributed by atoms with Gasteiger partial charge in [-0.15, -0.1) is 0 Å². The normalized spacial score (nSPS) is 10.5. The number of hydrogen-bond donors (Lipinski definition) is 1. The molecule has 0 aliphatic rings. The summed E-state index contributed by atoms with van der Waals surface area (Å²) in [5.41, 5.74) is 5.47. The molecule has 0 atom stereocenters. The molecule has 5 nitrogen and oxygen atoms in total. The van der Waals surface area contributed by atoms with Gasteiger partial charge in [-0.1, -0.05) is 54.1 Å². The van der Waals surface area contributed by atoms with Crippen LogP contribution < -0.4 is 14.8 Å². The first kappa shape index (κ1) is 24.2. The molecular formula is C29H24BrNO4. The molecule has 0 heterocycles. The summed E-state index contributed by atoms with van der Waals surface area (Å²) in [5.74, 6) is 0.0960. The van der Waals surface area contributed by atoms with Crippen molar-refractivity contribution < 1.29 is 19.1 Å². The van der Waals surface area contributed by atoms with Crippen molar-refractivity contribution in [2.45, 2.75) is 13.8 Å². The van der Waals surface area contributed by atoms with Gasteiger partial charge in [-0.05, 0) is 88.9 Å². The molecule has 0 bridgehead atoms. The van der Waals surface area contributed by atoms with Gasteiger partial charge >= 0.3 is 5.97 Å². The molecule has 0 fully saturated rings. The van der Waals surface area contributed by atoms with Gasteiger partial charge < -0.3 is 14.8 Å². The van der Waals surface area contributed by atoms with Crippen LogP contribution in [0.5, 0.6) is 11.5 Å². The van der Waals surface area contributed by atoms with Crippen molar-refractivity contribution >= 4 is 33.5 Å². The fourth-order valence-electron chi connectivity index (χ4n) is 3.55. The number of anilines is 1. The SMILES string of the molecule is Cc1ccc(NC(=O)c2ccc(OC(=O)COc3ccc(-c4ccccc4)cc3Br)cc2)c(C)c1. The molecule has 1 amide bonds. The molecule has 176 valence electrons. The third-order valence-corrected chi connectivity index (χ3v) is 5.98. The Balaban J connectivity index is 1.31. The lowest BCUT2D eigenvalue weighted by Gasteiger charge is -2.11. The molecule has 4 rings (SSSR count). The zero-order valence-electron chi connectivity index (χ0n) is 19.4. The molecule has 4 aromatic carbocycles. The first-order valence-electron chi connectivity index (χ1n) is 11.1. The minimum Gasteiger partial charge on any atom is -0.481 e. The molecule has 0 aliphatic heterocycles. The van der Waals surface area contributed by atoms with E-state index >= 15 is 0 Å². The van der Waals surface area contributed by atoms with Crippen LogP contribution in [0.2, 0.25) is 0 Å². The van der Waals surface area contributed by atoms with E-state index in [0.29, 0.717) is 17.1 Å². The topological polar surface area (TPSA) is 64.6 Å². The Hall–Kier alpha value is -3.90. The second kappa shape index (κ2) is 11.0. The number of aryl methyl sites for hydroxylation is 2. The maximum atomic E-state index is 12.5. The Labute approximate surface area is 212 Å². The van der Waals surface area contributed by atoms with Crippen LogP contribution >= 0.6 is 15.9 Å². The van der Waals surface area contributed by atoms with Gasteiger partial charge in [0.25, 0.3) is 5.91 Å². The van der Waals surface area contributed by atoms with E-state index in [4.69, 9.17) is 9.47 Å². The summed E-state index contributed by atoms with van der Waals surface area (Å²) in [6, 6.07) is 27.9. The van der Waals surface area contributed by atoms with Crippen LogP contribution in [-0.2, 0) is 4.79 Å². The molecule has 0 saturated heterocycles. The minimum absolute atomic E-state index is 0.234. The van der Waals surface area contributed by atoms with Gasteiger partial charge in [0.05, 0.1) is 4.47 Å². The second-order valence-corrected chi connectivity index (χ2v) is 8.93. The molecule has 0 aliphatic carbocycles. The summed E-state index contributed by atoms with van der Waals surface area (Å²) in [7, 11) is 0. The van der Waals surface area contributed by atoms with Crippen LogP contribution in [0, 0.1) is 13.8 Å². The van der Waals surface area contributed by atoms with Crippen molar-refractivity contribution in [3.63, 3.8) is 0 Å². The van der Waals surface area contributed by atoms with Crippen LogP contribution in [0.25, 0.3) is 11.1 Å². The van der Waals surface area contributed by atoms with E-state index in [9.17, 15) is 9.59 Å². The Kier molecular flexibility index (Phi) is 7.63. The highest BCUT2D eigenvalue weighted by atomic mass is 79.9. The van der Waals surface area contributed by atoms with Crippen LogP contribution in [0.15, 0.2) is 95.5 Å². The van der Waals surface area contributed by atoms with Crippen molar-refractivity contribution in [1.29, 1.82) is 0 Å². The predicted octanol–water partition coefficient (Wildman–Crippen LogP) is 6.97. The zero-order valence-corrected chi connectivity index (χ0v) is 21.0. The summed E-state index contributed by atoms with van der Waals surface area (Å²) in [6.07, 6.45) is 0. The zero-order chi connectivity index (χ0) is 24.8. The van der Waals surface area contributed by atoms with Crippen LogP contribution in [0.1, 0.15) is 21.5 Å². The summed E-state index contributed by atoms with van der Waals surface area (Å²) in [5, 5.41) is 2.90. The second-order valence-electron chi connectivity index (χ2n) is 8.07. The monoisotopic (exact) mass is 529 g/mol. The summed E-state index contributed by atoms with van der Waals surface area (Å²) < 4.78 is 11.7. The van der Waals surface area contributed by atoms with E-state index in [1.165, 1.54) is 0 Å². The number of hydrogen-bond acceptors (Lipinski definition) is 4. The third-order valence-electron chi connectivity index (χ3n) is 5.36. The van der Waals surface area contributed by atoms with Crippen LogP contribution in [0.3, 0.4) is 0 Å². The average Bonchev–Trinajstić information content (AvgIpc) is 2.86. The van der Waals surface area contributed by atoms with Crippen LogP contribution in [-0.4, -0.2) is 18.5 Å². The fourth-order valence-corrected chi connectivity index (χ4v) is 4.04. The summed E-state index contributed by atoms with van der Waals surface area (Å²) in [6.45, 7) is 3.70. The molecule has 0 aromatic heterocycles. The highest BCUT2D eigenvalue weighted by molar-refractivity contribution is 9.10. The van der Waals surface area contributed by atoms with E-state index in [-0.39, 0.29) is 12.5 Å². The van der Waals surface area contributed by atoms with E-state index in [1.54, 1.807) is 24.3 Å². The lowest BCUT2D eigenvalue weighted by Crippen LogP contribution is -2.18. The van der Waals surface area contributed by atoms with Crippen molar-refractivity contribution in [3.05, 3.63) is 112 Å². The maximum absolute atomic E-state index is 12.5. The van der Waals surface area contributed by atoms with Crippen molar-refractivity contribution in [3.8, 4) is 22.6 Å². The molecule has 0 spiro atoms. The quantitative estimate of drug-likeness (QED) is 0.207. The number of nitrogens with one attached hydrogen (secondary N) is 1. The molecule has 4 aromatic rings. The summed E-state index contributed by atoms with van der Waals surface area (Å²) in [4.78, 5) is 24.8. The largest absolute Gasteiger partial charge is 0.481 e. The maximum Gasteiger partial charge on any atom is 0.349 e. The summed E-state index contributed by atoms with van der Waals surface area (Å²) >= 11 is 3.50. The highest BCUT2D eigenvalue weighted by Gasteiger charge is 2.12. The van der Waals surface area contributed by atoms with Gasteiger partial charge in [0.15, 0.2) is 6.61 Å². The molecule has 35 heavy (non-hydrogen) atoms. The van der Waals surface area contributed by atoms with Gasteiger partial charge in [-0.3, -0.25) is 4.79 Å². The van der Waals surface area contributed by atoms with Gasteiger partial charge in [0, 0.05) is 11.3 Å². The Morgan fingerprint density at radius 3 is 2.26 bits per heavy atom. The molecule has 0 unspecified atom stereocenters. The number of ether oxygens (including phenoxy) is 2. The lowest BCUT2D eigenvalue weighted by atomic mass is 10.1. The Morgan fingerprint density at radius 2 is 1.57 bits per heavy atom. The van der Waals surface area contributed by atoms with Gasteiger partial charge in [0.1, 0.15) is 11.5 Å². The molecule has 0 saturated carbocycles. The van der Waals surface area contributed by atoms with Crippen molar-refractivity contribution in [2.24, 2.45) is 0 Å². The first-order chi connectivity index (χ1) is 16.9. The van der Waals surface area contributed by atoms with E-state index in [0.717, 1.165) is 32.4 Å². The van der Waals surface area contributed by atoms with E-state index in [2.05, 4.69) is 21.2 Å².